The zero-order valence-electron chi connectivity index (χ0n) is 18.3. The molecule has 0 spiro atoms. The van der Waals surface area contributed by atoms with Gasteiger partial charge in [0, 0.05) is 32.1 Å². The SMILES string of the molecule is CCN(CC)C(=O)C1CCN(C(=O)C2(c3ccc4c(c3)OCCO4)CCCC2)CC1. The highest BCUT2D eigenvalue weighted by Crippen LogP contribution is 2.45. The van der Waals surface area contributed by atoms with Gasteiger partial charge in [-0.15, -0.1) is 0 Å². The molecule has 0 atom stereocenters. The van der Waals surface area contributed by atoms with E-state index in [1.54, 1.807) is 0 Å². The van der Waals surface area contributed by atoms with Crippen LogP contribution in [0.15, 0.2) is 18.2 Å². The van der Waals surface area contributed by atoms with Crippen molar-refractivity contribution in [1.29, 1.82) is 0 Å². The van der Waals surface area contributed by atoms with Gasteiger partial charge in [0.1, 0.15) is 13.2 Å². The average molecular weight is 415 g/mol. The normalized spacial score (nSPS) is 20.8. The summed E-state index contributed by atoms with van der Waals surface area (Å²) in [5, 5.41) is 0. The Morgan fingerprint density at radius 3 is 2.30 bits per heavy atom. The number of carbonyl (C=O) groups is 2. The van der Waals surface area contributed by atoms with Gasteiger partial charge in [-0.2, -0.15) is 0 Å². The van der Waals surface area contributed by atoms with E-state index < -0.39 is 5.41 Å². The Morgan fingerprint density at radius 2 is 1.67 bits per heavy atom. The summed E-state index contributed by atoms with van der Waals surface area (Å²) < 4.78 is 11.5. The number of likely N-dealkylation sites (tertiary alicyclic amines) is 1. The van der Waals surface area contributed by atoms with Crippen molar-refractivity contribution in [2.75, 3.05) is 39.4 Å². The van der Waals surface area contributed by atoms with Gasteiger partial charge in [0.15, 0.2) is 11.5 Å². The standard InChI is InChI=1S/C24H34N2O4/c1-3-25(4-2)22(27)18-9-13-26(14-10-18)23(28)24(11-5-6-12-24)19-7-8-20-21(17-19)30-16-15-29-20/h7-8,17-18H,3-6,9-16H2,1-2H3. The maximum Gasteiger partial charge on any atom is 0.233 e. The van der Waals surface area contributed by atoms with Crippen LogP contribution < -0.4 is 9.47 Å². The number of nitrogens with zero attached hydrogens (tertiary/aromatic N) is 2. The van der Waals surface area contributed by atoms with Crippen molar-refractivity contribution >= 4 is 11.8 Å². The Labute approximate surface area is 179 Å². The average Bonchev–Trinajstić information content (AvgIpc) is 3.30. The number of hydrogen-bond donors (Lipinski definition) is 0. The first-order chi connectivity index (χ1) is 14.6. The summed E-state index contributed by atoms with van der Waals surface area (Å²) in [6.07, 6.45) is 5.42. The molecule has 1 saturated heterocycles. The van der Waals surface area contributed by atoms with E-state index in [0.717, 1.165) is 68.7 Å². The molecular formula is C24H34N2O4. The minimum atomic E-state index is -0.467. The summed E-state index contributed by atoms with van der Waals surface area (Å²) in [7, 11) is 0. The molecule has 1 aliphatic carbocycles. The molecule has 0 aromatic heterocycles. The first-order valence-electron chi connectivity index (χ1n) is 11.6. The predicted molar refractivity (Wildman–Crippen MR) is 115 cm³/mol. The van der Waals surface area contributed by atoms with Crippen LogP contribution in [0, 0.1) is 5.92 Å². The minimum absolute atomic E-state index is 0.0442. The van der Waals surface area contributed by atoms with E-state index in [4.69, 9.17) is 9.47 Å². The third-order valence-corrected chi connectivity index (χ3v) is 7.17. The van der Waals surface area contributed by atoms with Crippen molar-refractivity contribution in [2.45, 2.75) is 57.8 Å². The Balaban J connectivity index is 1.49. The van der Waals surface area contributed by atoms with Crippen LogP contribution in [-0.2, 0) is 15.0 Å². The second kappa shape index (κ2) is 8.86. The zero-order valence-corrected chi connectivity index (χ0v) is 18.3. The van der Waals surface area contributed by atoms with E-state index in [1.807, 2.05) is 41.8 Å². The number of hydrogen-bond acceptors (Lipinski definition) is 4. The lowest BCUT2D eigenvalue weighted by atomic mass is 9.76. The monoisotopic (exact) mass is 414 g/mol. The van der Waals surface area contributed by atoms with E-state index in [-0.39, 0.29) is 17.7 Å². The number of fused-ring (bicyclic) bond motifs is 1. The molecule has 1 aromatic carbocycles. The zero-order chi connectivity index (χ0) is 21.1. The summed E-state index contributed by atoms with van der Waals surface area (Å²) in [6, 6.07) is 6.02. The Hall–Kier alpha value is -2.24. The van der Waals surface area contributed by atoms with Crippen LogP contribution in [-0.4, -0.2) is 61.0 Å². The van der Waals surface area contributed by atoms with Crippen molar-refractivity contribution in [3.05, 3.63) is 23.8 Å². The molecule has 0 N–H and O–H groups in total. The molecule has 4 rings (SSSR count). The van der Waals surface area contributed by atoms with E-state index >= 15 is 0 Å². The maximum atomic E-state index is 13.8. The van der Waals surface area contributed by atoms with Crippen molar-refractivity contribution in [1.82, 2.24) is 9.80 Å². The van der Waals surface area contributed by atoms with Gasteiger partial charge >= 0.3 is 0 Å². The molecular weight excluding hydrogens is 380 g/mol. The molecule has 2 aliphatic heterocycles. The van der Waals surface area contributed by atoms with Crippen LogP contribution in [0.3, 0.4) is 0 Å². The molecule has 2 heterocycles. The highest BCUT2D eigenvalue weighted by atomic mass is 16.6. The number of rotatable bonds is 5. The van der Waals surface area contributed by atoms with Gasteiger partial charge in [-0.25, -0.2) is 0 Å². The molecule has 164 valence electrons. The molecule has 2 amide bonds. The number of carbonyl (C=O) groups excluding carboxylic acids is 2. The van der Waals surface area contributed by atoms with Crippen LogP contribution in [0.1, 0.15) is 57.9 Å². The molecule has 2 fully saturated rings. The van der Waals surface area contributed by atoms with E-state index in [1.165, 1.54) is 0 Å². The van der Waals surface area contributed by atoms with Gasteiger partial charge in [0.25, 0.3) is 0 Å². The fraction of sp³-hybridized carbons (Fsp3) is 0.667. The molecule has 3 aliphatic rings. The van der Waals surface area contributed by atoms with Gasteiger partial charge in [0.05, 0.1) is 5.41 Å². The largest absolute Gasteiger partial charge is 0.486 e. The summed E-state index contributed by atoms with van der Waals surface area (Å²) in [5.41, 5.74) is 0.585. The lowest BCUT2D eigenvalue weighted by molar-refractivity contribution is -0.143. The predicted octanol–water partition coefficient (Wildman–Crippen LogP) is 3.38. The molecule has 1 saturated carbocycles. The summed E-state index contributed by atoms with van der Waals surface area (Å²) in [5.74, 6) is 2.03. The fourth-order valence-electron chi connectivity index (χ4n) is 5.37. The molecule has 6 nitrogen and oxygen atoms in total. The number of benzene rings is 1. The first-order valence-corrected chi connectivity index (χ1v) is 11.6. The molecule has 0 bridgehead atoms. The van der Waals surface area contributed by atoms with Crippen molar-refractivity contribution in [3.63, 3.8) is 0 Å². The Kier molecular flexibility index (Phi) is 6.21. The quantitative estimate of drug-likeness (QED) is 0.741. The molecule has 0 unspecified atom stereocenters. The second-order valence-corrected chi connectivity index (χ2v) is 8.72. The minimum Gasteiger partial charge on any atom is -0.486 e. The van der Waals surface area contributed by atoms with Crippen LogP contribution >= 0.6 is 0 Å². The van der Waals surface area contributed by atoms with Crippen molar-refractivity contribution in [3.8, 4) is 11.5 Å². The Bertz CT molecular complexity index is 775. The lowest BCUT2D eigenvalue weighted by Crippen LogP contribution is -2.50. The third-order valence-electron chi connectivity index (χ3n) is 7.17. The fourth-order valence-corrected chi connectivity index (χ4v) is 5.37. The van der Waals surface area contributed by atoms with Crippen molar-refractivity contribution < 1.29 is 19.1 Å². The highest BCUT2D eigenvalue weighted by molar-refractivity contribution is 5.89. The topological polar surface area (TPSA) is 59.1 Å². The molecule has 1 aromatic rings. The Morgan fingerprint density at radius 1 is 1.03 bits per heavy atom. The summed E-state index contributed by atoms with van der Waals surface area (Å²) in [4.78, 5) is 30.4. The summed E-state index contributed by atoms with van der Waals surface area (Å²) in [6.45, 7) is 8.01. The van der Waals surface area contributed by atoms with Gasteiger partial charge in [-0.05, 0) is 57.2 Å². The van der Waals surface area contributed by atoms with Crippen LogP contribution in [0.4, 0.5) is 0 Å². The number of piperidine rings is 1. The first kappa shape index (κ1) is 21.0. The van der Waals surface area contributed by atoms with E-state index in [2.05, 4.69) is 0 Å². The number of amides is 2. The highest BCUT2D eigenvalue weighted by Gasteiger charge is 2.46. The maximum absolute atomic E-state index is 13.8. The van der Waals surface area contributed by atoms with Gasteiger partial charge in [0.2, 0.25) is 11.8 Å². The van der Waals surface area contributed by atoms with E-state index in [0.29, 0.717) is 26.3 Å². The third kappa shape index (κ3) is 3.77. The van der Waals surface area contributed by atoms with Gasteiger partial charge < -0.3 is 19.3 Å². The van der Waals surface area contributed by atoms with Crippen molar-refractivity contribution in [2.24, 2.45) is 5.92 Å². The second-order valence-electron chi connectivity index (χ2n) is 8.72. The van der Waals surface area contributed by atoms with Gasteiger partial charge in [-0.3, -0.25) is 9.59 Å². The van der Waals surface area contributed by atoms with E-state index in [9.17, 15) is 9.59 Å². The lowest BCUT2D eigenvalue weighted by Gasteiger charge is -2.39. The van der Waals surface area contributed by atoms with Gasteiger partial charge in [-0.1, -0.05) is 18.9 Å². The van der Waals surface area contributed by atoms with Crippen LogP contribution in [0.2, 0.25) is 0 Å². The summed E-state index contributed by atoms with van der Waals surface area (Å²) >= 11 is 0. The molecule has 30 heavy (non-hydrogen) atoms. The number of ether oxygens (including phenoxy) is 2. The van der Waals surface area contributed by atoms with Crippen LogP contribution in [0.5, 0.6) is 11.5 Å². The molecule has 6 heteroatoms. The smallest absolute Gasteiger partial charge is 0.233 e. The van der Waals surface area contributed by atoms with Crippen LogP contribution in [0.25, 0.3) is 0 Å². The molecule has 0 radical (unpaired) electrons.